The van der Waals surface area contributed by atoms with Crippen molar-refractivity contribution in [2.75, 3.05) is 18.6 Å². The van der Waals surface area contributed by atoms with Gasteiger partial charge in [-0.1, -0.05) is 30.3 Å². The molecule has 5 nitrogen and oxygen atoms in total. The molecule has 0 saturated carbocycles. The molecule has 0 saturated heterocycles. The van der Waals surface area contributed by atoms with Gasteiger partial charge in [0.2, 0.25) is 9.84 Å². The van der Waals surface area contributed by atoms with E-state index < -0.39 is 19.7 Å². The summed E-state index contributed by atoms with van der Waals surface area (Å²) >= 11 is 1.13. The summed E-state index contributed by atoms with van der Waals surface area (Å²) in [6, 6.07) is 16.2. The lowest BCUT2D eigenvalue weighted by molar-refractivity contribution is 0.596. The zero-order valence-corrected chi connectivity index (χ0v) is 16.6. The largest absolute Gasteiger partial charge is 0.380 e. The molecule has 0 atom stereocenters. The molecule has 1 aromatic heterocycles. The molecule has 1 heterocycles. The average Bonchev–Trinajstić information content (AvgIpc) is 3.11. The third-order valence-corrected chi connectivity index (χ3v) is 8.34. The average molecular weight is 408 g/mol. The third-order valence-electron chi connectivity index (χ3n) is 3.84. The Kier molecular flexibility index (Phi) is 4.92. The summed E-state index contributed by atoms with van der Waals surface area (Å²) in [6.07, 6.45) is 1.11. The van der Waals surface area contributed by atoms with E-state index in [2.05, 4.69) is 5.32 Å². The van der Waals surface area contributed by atoms with Gasteiger partial charge in [0.25, 0.3) is 0 Å². The monoisotopic (exact) mass is 407 g/mol. The van der Waals surface area contributed by atoms with Crippen LogP contribution in [0.2, 0.25) is 0 Å². The van der Waals surface area contributed by atoms with Gasteiger partial charge in [-0.25, -0.2) is 16.8 Å². The van der Waals surface area contributed by atoms with Crippen molar-refractivity contribution in [1.29, 1.82) is 0 Å². The molecule has 0 aliphatic heterocycles. The predicted molar refractivity (Wildman–Crippen MR) is 104 cm³/mol. The van der Waals surface area contributed by atoms with Crippen LogP contribution in [-0.4, -0.2) is 30.1 Å². The number of anilines is 1. The Labute approximate surface area is 157 Å². The van der Waals surface area contributed by atoms with Crippen molar-refractivity contribution in [3.8, 4) is 11.1 Å². The van der Waals surface area contributed by atoms with E-state index in [-0.39, 0.29) is 14.0 Å². The minimum absolute atomic E-state index is 0.0632. The lowest BCUT2D eigenvalue weighted by atomic mass is 10.1. The summed E-state index contributed by atoms with van der Waals surface area (Å²) in [4.78, 5) is 0.165. The van der Waals surface area contributed by atoms with Gasteiger partial charge in [0.15, 0.2) is 9.84 Å². The van der Waals surface area contributed by atoms with Crippen LogP contribution >= 0.6 is 11.3 Å². The number of hydrogen-bond donors (Lipinski definition) is 1. The molecule has 0 amide bonds. The molecule has 0 aliphatic rings. The van der Waals surface area contributed by atoms with Gasteiger partial charge < -0.3 is 5.32 Å². The molecule has 0 aliphatic carbocycles. The van der Waals surface area contributed by atoms with E-state index in [0.717, 1.165) is 22.6 Å². The quantitative estimate of drug-likeness (QED) is 0.698. The number of hydrogen-bond acceptors (Lipinski definition) is 6. The zero-order valence-electron chi connectivity index (χ0n) is 14.1. The maximum absolute atomic E-state index is 12.9. The lowest BCUT2D eigenvalue weighted by Crippen LogP contribution is -2.04. The Morgan fingerprint density at radius 1 is 0.885 bits per heavy atom. The molecule has 0 unspecified atom stereocenters. The van der Waals surface area contributed by atoms with Crippen molar-refractivity contribution in [3.63, 3.8) is 0 Å². The van der Waals surface area contributed by atoms with Gasteiger partial charge in [-0.15, -0.1) is 11.3 Å². The maximum atomic E-state index is 12.9. The molecule has 136 valence electrons. The van der Waals surface area contributed by atoms with Gasteiger partial charge in [0, 0.05) is 18.9 Å². The highest BCUT2D eigenvalue weighted by Crippen LogP contribution is 2.34. The van der Waals surface area contributed by atoms with Crippen LogP contribution in [-0.2, 0) is 19.7 Å². The van der Waals surface area contributed by atoms with Gasteiger partial charge in [-0.05, 0) is 35.9 Å². The molecule has 0 fully saturated rings. The Hall–Kier alpha value is -2.16. The van der Waals surface area contributed by atoms with Gasteiger partial charge in [-0.2, -0.15) is 0 Å². The Morgan fingerprint density at radius 3 is 2.15 bits per heavy atom. The number of sulfone groups is 2. The van der Waals surface area contributed by atoms with Gasteiger partial charge in [0.05, 0.1) is 14.8 Å². The molecular weight excluding hydrogens is 390 g/mol. The highest BCUT2D eigenvalue weighted by atomic mass is 32.2. The van der Waals surface area contributed by atoms with E-state index in [9.17, 15) is 16.8 Å². The first-order chi connectivity index (χ1) is 12.2. The van der Waals surface area contributed by atoms with Crippen molar-refractivity contribution in [2.24, 2.45) is 0 Å². The first-order valence-electron chi connectivity index (χ1n) is 7.65. The molecule has 26 heavy (non-hydrogen) atoms. The van der Waals surface area contributed by atoms with Crippen LogP contribution in [0.3, 0.4) is 0 Å². The molecule has 2 aromatic carbocycles. The minimum Gasteiger partial charge on any atom is -0.380 e. The topological polar surface area (TPSA) is 80.3 Å². The molecule has 3 rings (SSSR count). The fraction of sp³-hybridized carbons (Fsp3) is 0.111. The fourth-order valence-electron chi connectivity index (χ4n) is 2.56. The maximum Gasteiger partial charge on any atom is 0.216 e. The van der Waals surface area contributed by atoms with E-state index in [4.69, 9.17) is 0 Å². The second-order valence-corrected chi connectivity index (χ2v) is 10.9. The SMILES string of the molecule is CNc1ccc(S(=O)(=O)c2ccc(S(C)(=O)=O)c(-c3ccccc3)c2)s1. The highest BCUT2D eigenvalue weighted by Gasteiger charge is 2.23. The van der Waals surface area contributed by atoms with Crippen molar-refractivity contribution in [1.82, 2.24) is 0 Å². The van der Waals surface area contributed by atoms with E-state index >= 15 is 0 Å². The fourth-order valence-corrected chi connectivity index (χ4v) is 6.04. The molecule has 0 radical (unpaired) electrons. The standard InChI is InChI=1S/C18H17NO4S3/c1-19-17-10-11-18(24-17)26(22,23)14-8-9-16(25(2,20)21)15(12-14)13-6-4-3-5-7-13/h3-12,19H,1-2H3. The van der Waals surface area contributed by atoms with Crippen LogP contribution in [0.5, 0.6) is 0 Å². The third kappa shape index (κ3) is 3.53. The Bertz CT molecular complexity index is 1150. The number of rotatable bonds is 5. The zero-order chi connectivity index (χ0) is 18.9. The van der Waals surface area contributed by atoms with Crippen molar-refractivity contribution in [3.05, 3.63) is 60.7 Å². The predicted octanol–water partition coefficient (Wildman–Crippen LogP) is 3.69. The number of nitrogens with one attached hydrogen (secondary N) is 1. The van der Waals surface area contributed by atoms with Crippen LogP contribution < -0.4 is 5.32 Å². The van der Waals surface area contributed by atoms with E-state index in [0.29, 0.717) is 11.1 Å². The first kappa shape index (κ1) is 18.6. The van der Waals surface area contributed by atoms with Gasteiger partial charge in [-0.3, -0.25) is 0 Å². The summed E-state index contributed by atoms with van der Waals surface area (Å²) in [5, 5.41) is 3.65. The summed E-state index contributed by atoms with van der Waals surface area (Å²) in [5.74, 6) is 0. The molecule has 0 bridgehead atoms. The minimum atomic E-state index is -3.74. The summed E-state index contributed by atoms with van der Waals surface area (Å²) in [6.45, 7) is 0. The first-order valence-corrected chi connectivity index (χ1v) is 11.8. The van der Waals surface area contributed by atoms with E-state index in [1.165, 1.54) is 18.2 Å². The van der Waals surface area contributed by atoms with Crippen molar-refractivity contribution in [2.45, 2.75) is 14.0 Å². The van der Waals surface area contributed by atoms with Gasteiger partial charge >= 0.3 is 0 Å². The van der Waals surface area contributed by atoms with Crippen LogP contribution in [0.4, 0.5) is 5.00 Å². The van der Waals surface area contributed by atoms with Crippen molar-refractivity contribution < 1.29 is 16.8 Å². The molecule has 8 heteroatoms. The Balaban J connectivity index is 2.22. The normalized spacial score (nSPS) is 12.1. The Morgan fingerprint density at radius 2 is 1.58 bits per heavy atom. The van der Waals surface area contributed by atoms with Crippen LogP contribution in [0.1, 0.15) is 0 Å². The number of thiophene rings is 1. The second-order valence-electron chi connectivity index (χ2n) is 5.67. The summed E-state index contributed by atoms with van der Waals surface area (Å²) in [7, 11) is -5.53. The summed E-state index contributed by atoms with van der Waals surface area (Å²) in [5.41, 5.74) is 1.02. The highest BCUT2D eigenvalue weighted by molar-refractivity contribution is 7.93. The van der Waals surface area contributed by atoms with Crippen LogP contribution in [0.25, 0.3) is 11.1 Å². The second kappa shape index (κ2) is 6.86. The summed E-state index contributed by atoms with van der Waals surface area (Å²) < 4.78 is 50.4. The van der Waals surface area contributed by atoms with Crippen molar-refractivity contribution >= 4 is 36.0 Å². The molecular formula is C18H17NO4S3. The smallest absolute Gasteiger partial charge is 0.216 e. The lowest BCUT2D eigenvalue weighted by Gasteiger charge is -2.11. The van der Waals surface area contributed by atoms with Gasteiger partial charge in [0.1, 0.15) is 4.21 Å². The van der Waals surface area contributed by atoms with Crippen LogP contribution in [0, 0.1) is 0 Å². The molecule has 3 aromatic rings. The molecule has 1 N–H and O–H groups in total. The van der Waals surface area contributed by atoms with Crippen LogP contribution in [0.15, 0.2) is 74.7 Å². The molecule has 0 spiro atoms. The van der Waals surface area contributed by atoms with E-state index in [1.54, 1.807) is 43.4 Å². The number of benzene rings is 2. The van der Waals surface area contributed by atoms with E-state index in [1.807, 2.05) is 6.07 Å².